The topological polar surface area (TPSA) is 80.3 Å². The molecule has 0 fully saturated rings. The first-order valence-corrected chi connectivity index (χ1v) is 6.68. The molecule has 18 heavy (non-hydrogen) atoms. The van der Waals surface area contributed by atoms with Crippen molar-refractivity contribution in [1.82, 2.24) is 0 Å². The molecule has 0 bridgehead atoms. The van der Waals surface area contributed by atoms with Crippen molar-refractivity contribution in [3.8, 4) is 0 Å². The minimum absolute atomic E-state index is 0.0601. The molecule has 1 heterocycles. The maximum atomic E-state index is 11.1. The van der Waals surface area contributed by atoms with Crippen LogP contribution in [0.15, 0.2) is 5.38 Å². The van der Waals surface area contributed by atoms with Crippen LogP contribution in [0.1, 0.15) is 61.5 Å². The molecular formula is C13H16O4S-2. The van der Waals surface area contributed by atoms with Crippen LogP contribution in [0.25, 0.3) is 0 Å². The maximum Gasteiger partial charge on any atom is 0.0646 e. The van der Waals surface area contributed by atoms with Gasteiger partial charge in [-0.05, 0) is 28.3 Å². The van der Waals surface area contributed by atoms with Gasteiger partial charge in [-0.1, -0.05) is 27.7 Å². The molecule has 4 nitrogen and oxygen atoms in total. The first kappa shape index (κ1) is 14.7. The van der Waals surface area contributed by atoms with E-state index in [0.29, 0.717) is 5.56 Å². The highest BCUT2D eigenvalue weighted by atomic mass is 32.1. The molecule has 0 saturated carbocycles. The fourth-order valence-corrected chi connectivity index (χ4v) is 3.22. The number of carboxylic acid groups (broad SMARTS) is 2. The molecule has 0 amide bonds. The summed E-state index contributed by atoms with van der Waals surface area (Å²) in [5.41, 5.74) is 1.10. The number of hydrogen-bond acceptors (Lipinski definition) is 5. The minimum atomic E-state index is -1.69. The van der Waals surface area contributed by atoms with Crippen molar-refractivity contribution in [2.24, 2.45) is 0 Å². The summed E-state index contributed by atoms with van der Waals surface area (Å²) in [6, 6.07) is 0. The monoisotopic (exact) mass is 268 g/mol. The normalized spacial score (nSPS) is 11.5. The number of carboxylic acids is 2. The average molecular weight is 268 g/mol. The molecule has 0 atom stereocenters. The lowest BCUT2D eigenvalue weighted by Gasteiger charge is -2.24. The van der Waals surface area contributed by atoms with Gasteiger partial charge in [-0.15, -0.1) is 11.3 Å². The van der Waals surface area contributed by atoms with Crippen molar-refractivity contribution in [3.05, 3.63) is 21.4 Å². The Morgan fingerprint density at radius 3 is 1.89 bits per heavy atom. The first-order valence-electron chi connectivity index (χ1n) is 5.80. The summed E-state index contributed by atoms with van der Waals surface area (Å²) in [5.74, 6) is -4.79. The summed E-state index contributed by atoms with van der Waals surface area (Å²) in [5, 5.41) is 24.0. The summed E-state index contributed by atoms with van der Waals surface area (Å²) in [6.07, 6.45) is 0. The molecular weight excluding hydrogens is 252 g/mol. The number of hydrogen-bond donors (Lipinski definition) is 0. The van der Waals surface area contributed by atoms with Crippen LogP contribution in [0.4, 0.5) is 0 Å². The highest BCUT2D eigenvalue weighted by molar-refractivity contribution is 7.10. The van der Waals surface area contributed by atoms with Crippen LogP contribution in [0.2, 0.25) is 0 Å². The van der Waals surface area contributed by atoms with Crippen LogP contribution in [0, 0.1) is 0 Å². The number of thiophene rings is 1. The number of aliphatic carboxylic acids is 2. The van der Waals surface area contributed by atoms with Gasteiger partial charge in [-0.2, -0.15) is 0 Å². The molecule has 100 valence electrons. The van der Waals surface area contributed by atoms with Crippen molar-refractivity contribution >= 4 is 23.3 Å². The Kier molecular flexibility index (Phi) is 4.51. The van der Waals surface area contributed by atoms with Crippen molar-refractivity contribution in [3.63, 3.8) is 0 Å². The average Bonchev–Trinajstić information content (AvgIpc) is 2.60. The van der Waals surface area contributed by atoms with E-state index >= 15 is 0 Å². The van der Waals surface area contributed by atoms with Crippen LogP contribution < -0.4 is 10.2 Å². The zero-order valence-corrected chi connectivity index (χ0v) is 11.7. The Bertz CT molecular complexity index is 420. The van der Waals surface area contributed by atoms with Crippen LogP contribution in [0.5, 0.6) is 0 Å². The summed E-state index contributed by atoms with van der Waals surface area (Å²) in [4.78, 5) is 22.9. The smallest absolute Gasteiger partial charge is 0.0646 e. The van der Waals surface area contributed by atoms with Gasteiger partial charge in [0.1, 0.15) is 0 Å². The molecule has 0 aromatic carbocycles. The molecule has 0 radical (unpaired) electrons. The van der Waals surface area contributed by atoms with Gasteiger partial charge in [0.15, 0.2) is 0 Å². The quantitative estimate of drug-likeness (QED) is 0.731. The van der Waals surface area contributed by atoms with Gasteiger partial charge in [-0.25, -0.2) is 0 Å². The fourth-order valence-electron chi connectivity index (χ4n) is 1.93. The molecule has 0 spiro atoms. The van der Waals surface area contributed by atoms with E-state index in [1.807, 2.05) is 33.1 Å². The molecule has 1 aromatic rings. The summed E-state index contributed by atoms with van der Waals surface area (Å²) < 4.78 is 0. The number of carbonyl (C=O) groups excluding carboxylic acids is 2. The summed E-state index contributed by atoms with van der Waals surface area (Å²) in [6.45, 7) is 7.61. The molecule has 0 aliphatic rings. The third-order valence-corrected chi connectivity index (χ3v) is 4.11. The van der Waals surface area contributed by atoms with E-state index in [1.165, 1.54) is 11.3 Å². The maximum absolute atomic E-state index is 11.1. The van der Waals surface area contributed by atoms with Crippen molar-refractivity contribution in [1.29, 1.82) is 0 Å². The minimum Gasteiger partial charge on any atom is -0.549 e. The molecule has 1 rings (SSSR count). The second-order valence-corrected chi connectivity index (χ2v) is 5.76. The van der Waals surface area contributed by atoms with E-state index < -0.39 is 17.9 Å². The van der Waals surface area contributed by atoms with E-state index in [9.17, 15) is 19.8 Å². The van der Waals surface area contributed by atoms with E-state index in [4.69, 9.17) is 0 Å². The largest absolute Gasteiger partial charge is 0.549 e. The Labute approximate surface area is 110 Å². The van der Waals surface area contributed by atoms with Crippen molar-refractivity contribution in [2.75, 3.05) is 0 Å². The van der Waals surface area contributed by atoms with Crippen LogP contribution in [0.3, 0.4) is 0 Å². The Morgan fingerprint density at radius 1 is 1.06 bits per heavy atom. The van der Waals surface area contributed by atoms with Crippen LogP contribution >= 0.6 is 11.3 Å². The highest BCUT2D eigenvalue weighted by Crippen LogP contribution is 2.38. The van der Waals surface area contributed by atoms with Gasteiger partial charge >= 0.3 is 0 Å². The van der Waals surface area contributed by atoms with Gasteiger partial charge in [0.25, 0.3) is 0 Å². The molecule has 0 N–H and O–H groups in total. The number of rotatable bonds is 5. The van der Waals surface area contributed by atoms with Gasteiger partial charge < -0.3 is 19.8 Å². The third kappa shape index (κ3) is 2.72. The highest BCUT2D eigenvalue weighted by Gasteiger charge is 2.25. The zero-order valence-electron chi connectivity index (χ0n) is 10.9. The molecule has 5 heteroatoms. The number of carbonyl (C=O) groups is 2. The second kappa shape index (κ2) is 5.52. The predicted molar refractivity (Wildman–Crippen MR) is 65.3 cm³/mol. The molecule has 1 aromatic heterocycles. The van der Waals surface area contributed by atoms with E-state index in [2.05, 4.69) is 0 Å². The van der Waals surface area contributed by atoms with Crippen LogP contribution in [-0.4, -0.2) is 11.9 Å². The molecule has 0 aliphatic carbocycles. The summed E-state index contributed by atoms with van der Waals surface area (Å²) in [7, 11) is 0. The molecule has 0 aliphatic heterocycles. The van der Waals surface area contributed by atoms with E-state index in [-0.39, 0.29) is 11.8 Å². The van der Waals surface area contributed by atoms with Gasteiger partial charge in [0.05, 0.1) is 17.9 Å². The van der Waals surface area contributed by atoms with E-state index in [1.54, 1.807) is 0 Å². The SMILES string of the molecule is CC(C)c1csc(C(C)C)c1C(C(=O)[O-])C(=O)[O-]. The Hall–Kier alpha value is -1.36. The van der Waals surface area contributed by atoms with Gasteiger partial charge in [0, 0.05) is 4.88 Å². The zero-order chi connectivity index (χ0) is 14.0. The lowest BCUT2D eigenvalue weighted by molar-refractivity contribution is -0.326. The Balaban J connectivity index is 3.46. The predicted octanol–water partition coefficient (Wildman–Crippen LogP) is 0.578. The van der Waals surface area contributed by atoms with Crippen molar-refractivity contribution < 1.29 is 19.8 Å². The summed E-state index contributed by atoms with van der Waals surface area (Å²) >= 11 is 1.39. The first-order chi connectivity index (χ1) is 8.27. The van der Waals surface area contributed by atoms with Crippen molar-refractivity contribution in [2.45, 2.75) is 45.4 Å². The lowest BCUT2D eigenvalue weighted by atomic mass is 9.88. The Morgan fingerprint density at radius 2 is 1.56 bits per heavy atom. The van der Waals surface area contributed by atoms with Gasteiger partial charge in [-0.3, -0.25) is 0 Å². The lowest BCUT2D eigenvalue weighted by Crippen LogP contribution is -2.42. The standard InChI is InChI=1S/C13H18O4S/c1-6(2)8-5-18-11(7(3)4)9(8)10(12(14)15)13(16)17/h5-7,10H,1-4H3,(H,14,15)(H,16,17)/p-2. The fraction of sp³-hybridized carbons (Fsp3) is 0.538. The van der Waals surface area contributed by atoms with E-state index in [0.717, 1.165) is 10.4 Å². The molecule has 0 saturated heterocycles. The third-order valence-electron chi connectivity index (χ3n) is 2.80. The second-order valence-electron chi connectivity index (χ2n) is 4.85. The van der Waals surface area contributed by atoms with Crippen LogP contribution in [-0.2, 0) is 9.59 Å². The van der Waals surface area contributed by atoms with Gasteiger partial charge in [0.2, 0.25) is 0 Å². The molecule has 0 unspecified atom stereocenters.